The highest BCUT2D eigenvalue weighted by Gasteiger charge is 2.34. The normalized spacial score (nSPS) is 14.5. The number of rotatable bonds is 4. The fourth-order valence-corrected chi connectivity index (χ4v) is 1.74. The fourth-order valence-electron chi connectivity index (χ4n) is 1.74. The highest BCUT2D eigenvalue weighted by Crippen LogP contribution is 2.32. The SMILES string of the molecule is CCC(C)(C(=O)Nc1ccc(C)cc1)C(C)C. The van der Waals surface area contributed by atoms with Crippen molar-refractivity contribution in [1.82, 2.24) is 0 Å². The van der Waals surface area contributed by atoms with Crippen molar-refractivity contribution in [2.75, 3.05) is 5.32 Å². The summed E-state index contributed by atoms with van der Waals surface area (Å²) in [6, 6.07) is 7.91. The molecule has 0 aliphatic carbocycles. The maximum atomic E-state index is 12.3. The second kappa shape index (κ2) is 5.35. The monoisotopic (exact) mass is 233 g/mol. The molecule has 0 aromatic heterocycles. The van der Waals surface area contributed by atoms with Gasteiger partial charge in [0.05, 0.1) is 0 Å². The van der Waals surface area contributed by atoms with Crippen LogP contribution in [0.4, 0.5) is 5.69 Å². The number of carbonyl (C=O) groups is 1. The standard InChI is InChI=1S/C15H23NO/c1-6-15(5,11(2)3)14(17)16-13-9-7-12(4)8-10-13/h7-11H,6H2,1-5H3,(H,16,17). The molecule has 0 saturated carbocycles. The predicted octanol–water partition coefficient (Wildman–Crippen LogP) is 4.01. The highest BCUT2D eigenvalue weighted by atomic mass is 16.2. The average Bonchev–Trinajstić information content (AvgIpc) is 2.30. The molecule has 1 N–H and O–H groups in total. The van der Waals surface area contributed by atoms with Gasteiger partial charge in [-0.15, -0.1) is 0 Å². The Morgan fingerprint density at radius 2 is 1.82 bits per heavy atom. The van der Waals surface area contributed by atoms with E-state index >= 15 is 0 Å². The topological polar surface area (TPSA) is 29.1 Å². The minimum Gasteiger partial charge on any atom is -0.326 e. The number of aryl methyl sites for hydroxylation is 1. The minimum absolute atomic E-state index is 0.110. The summed E-state index contributed by atoms with van der Waals surface area (Å²) in [7, 11) is 0. The van der Waals surface area contributed by atoms with Gasteiger partial charge in [0.1, 0.15) is 0 Å². The van der Waals surface area contributed by atoms with Crippen LogP contribution in [0, 0.1) is 18.3 Å². The van der Waals surface area contributed by atoms with E-state index in [2.05, 4.69) is 26.1 Å². The molecule has 1 unspecified atom stereocenters. The first-order valence-electron chi connectivity index (χ1n) is 6.28. The fraction of sp³-hybridized carbons (Fsp3) is 0.533. The van der Waals surface area contributed by atoms with E-state index in [1.165, 1.54) is 5.56 Å². The largest absolute Gasteiger partial charge is 0.326 e. The van der Waals surface area contributed by atoms with Crippen molar-refractivity contribution >= 4 is 11.6 Å². The summed E-state index contributed by atoms with van der Waals surface area (Å²) >= 11 is 0. The van der Waals surface area contributed by atoms with E-state index in [9.17, 15) is 4.79 Å². The van der Waals surface area contributed by atoms with Gasteiger partial charge in [0, 0.05) is 11.1 Å². The summed E-state index contributed by atoms with van der Waals surface area (Å²) in [5, 5.41) is 3.00. The number of nitrogens with one attached hydrogen (secondary N) is 1. The van der Waals surface area contributed by atoms with E-state index in [0.717, 1.165) is 12.1 Å². The highest BCUT2D eigenvalue weighted by molar-refractivity contribution is 5.95. The smallest absolute Gasteiger partial charge is 0.230 e. The van der Waals surface area contributed by atoms with Crippen molar-refractivity contribution in [2.45, 2.75) is 41.0 Å². The first kappa shape index (κ1) is 13.8. The average molecular weight is 233 g/mol. The number of benzene rings is 1. The molecule has 0 aliphatic rings. The number of carbonyl (C=O) groups excluding carboxylic acids is 1. The number of amides is 1. The Bertz CT molecular complexity index is 380. The van der Waals surface area contributed by atoms with Crippen LogP contribution in [0.1, 0.15) is 39.7 Å². The third-order valence-electron chi connectivity index (χ3n) is 3.84. The van der Waals surface area contributed by atoms with Gasteiger partial charge in [0.25, 0.3) is 0 Å². The predicted molar refractivity (Wildman–Crippen MR) is 73.0 cm³/mol. The molecule has 2 heteroatoms. The first-order chi connectivity index (χ1) is 7.90. The van der Waals surface area contributed by atoms with Gasteiger partial charge in [-0.25, -0.2) is 0 Å². The van der Waals surface area contributed by atoms with Crippen molar-refractivity contribution < 1.29 is 4.79 Å². The minimum atomic E-state index is -0.301. The molecule has 0 saturated heterocycles. The van der Waals surface area contributed by atoms with Gasteiger partial charge >= 0.3 is 0 Å². The molecule has 1 rings (SSSR count). The second-order valence-corrected chi connectivity index (χ2v) is 5.25. The van der Waals surface area contributed by atoms with Crippen LogP contribution in [0.3, 0.4) is 0 Å². The summed E-state index contributed by atoms with van der Waals surface area (Å²) in [6.45, 7) is 10.3. The molecule has 1 atom stereocenters. The van der Waals surface area contributed by atoms with Crippen molar-refractivity contribution in [3.63, 3.8) is 0 Å². The van der Waals surface area contributed by atoms with Gasteiger partial charge in [0.2, 0.25) is 5.91 Å². The first-order valence-corrected chi connectivity index (χ1v) is 6.28. The summed E-state index contributed by atoms with van der Waals surface area (Å²) in [5.74, 6) is 0.441. The third kappa shape index (κ3) is 3.09. The molecule has 0 radical (unpaired) electrons. The lowest BCUT2D eigenvalue weighted by Crippen LogP contribution is -2.37. The van der Waals surface area contributed by atoms with Gasteiger partial charge in [-0.3, -0.25) is 4.79 Å². The molecule has 1 aromatic carbocycles. The van der Waals surface area contributed by atoms with Crippen LogP contribution < -0.4 is 5.32 Å². The summed E-state index contributed by atoms with van der Waals surface area (Å²) < 4.78 is 0. The van der Waals surface area contributed by atoms with Gasteiger partial charge in [-0.05, 0) is 31.4 Å². The molecule has 1 aromatic rings. The molecule has 0 heterocycles. The van der Waals surface area contributed by atoms with Crippen molar-refractivity contribution in [1.29, 1.82) is 0 Å². The molecule has 0 aliphatic heterocycles. The maximum Gasteiger partial charge on any atom is 0.230 e. The molecule has 0 spiro atoms. The lowest BCUT2D eigenvalue weighted by Gasteiger charge is -2.31. The quantitative estimate of drug-likeness (QED) is 0.836. The summed E-state index contributed by atoms with van der Waals surface area (Å²) in [4.78, 5) is 12.3. The zero-order valence-corrected chi connectivity index (χ0v) is 11.5. The van der Waals surface area contributed by atoms with Gasteiger partial charge in [-0.2, -0.15) is 0 Å². The summed E-state index contributed by atoms with van der Waals surface area (Å²) in [5.41, 5.74) is 1.77. The van der Waals surface area contributed by atoms with Crippen molar-refractivity contribution in [2.24, 2.45) is 11.3 Å². The Kier molecular flexibility index (Phi) is 4.33. The molecule has 2 nitrogen and oxygen atoms in total. The van der Waals surface area contributed by atoms with Gasteiger partial charge in [0.15, 0.2) is 0 Å². The Hall–Kier alpha value is -1.31. The van der Waals surface area contributed by atoms with Gasteiger partial charge < -0.3 is 5.32 Å². The van der Waals surface area contributed by atoms with Crippen molar-refractivity contribution in [3.8, 4) is 0 Å². The number of hydrogen-bond acceptors (Lipinski definition) is 1. The van der Waals surface area contributed by atoms with E-state index in [4.69, 9.17) is 0 Å². The number of anilines is 1. The Labute approximate surface area is 104 Å². The van der Waals surface area contributed by atoms with Crippen molar-refractivity contribution in [3.05, 3.63) is 29.8 Å². The third-order valence-corrected chi connectivity index (χ3v) is 3.84. The van der Waals surface area contributed by atoms with Crippen LogP contribution in [0.5, 0.6) is 0 Å². The van der Waals surface area contributed by atoms with Crippen LogP contribution in [-0.4, -0.2) is 5.91 Å². The Balaban J connectivity index is 2.81. The molecule has 1 amide bonds. The molecule has 0 bridgehead atoms. The van der Waals surface area contributed by atoms with E-state index in [-0.39, 0.29) is 11.3 Å². The molecule has 0 fully saturated rings. The van der Waals surface area contributed by atoms with E-state index in [1.807, 2.05) is 38.1 Å². The Morgan fingerprint density at radius 3 is 2.24 bits per heavy atom. The second-order valence-electron chi connectivity index (χ2n) is 5.25. The Morgan fingerprint density at radius 1 is 1.29 bits per heavy atom. The van der Waals surface area contributed by atoms with Crippen LogP contribution >= 0.6 is 0 Å². The van der Waals surface area contributed by atoms with Crippen LogP contribution in [0.2, 0.25) is 0 Å². The van der Waals surface area contributed by atoms with E-state index in [1.54, 1.807) is 0 Å². The molecular weight excluding hydrogens is 210 g/mol. The van der Waals surface area contributed by atoms with E-state index < -0.39 is 0 Å². The van der Waals surface area contributed by atoms with Gasteiger partial charge in [-0.1, -0.05) is 45.4 Å². The van der Waals surface area contributed by atoms with Crippen LogP contribution in [-0.2, 0) is 4.79 Å². The van der Waals surface area contributed by atoms with Crippen LogP contribution in [0.15, 0.2) is 24.3 Å². The lowest BCUT2D eigenvalue weighted by molar-refractivity contribution is -0.127. The maximum absolute atomic E-state index is 12.3. The van der Waals surface area contributed by atoms with Crippen LogP contribution in [0.25, 0.3) is 0 Å². The lowest BCUT2D eigenvalue weighted by atomic mass is 9.76. The zero-order chi connectivity index (χ0) is 13.1. The molecule has 17 heavy (non-hydrogen) atoms. The zero-order valence-electron chi connectivity index (χ0n) is 11.5. The van der Waals surface area contributed by atoms with E-state index in [0.29, 0.717) is 5.92 Å². The molecule has 94 valence electrons. The summed E-state index contributed by atoms with van der Waals surface area (Å²) in [6.07, 6.45) is 0.850. The molecular formula is C15H23NO. The number of hydrogen-bond donors (Lipinski definition) is 1.